The summed E-state index contributed by atoms with van der Waals surface area (Å²) in [6, 6.07) is 0. The zero-order chi connectivity index (χ0) is 8.57. The average molecular weight is 246 g/mol. The second kappa shape index (κ2) is 12.7. The fraction of sp³-hybridized carbons (Fsp3) is 0.500. The van der Waals surface area contributed by atoms with Crippen LogP contribution in [0.5, 0.6) is 0 Å². The van der Waals surface area contributed by atoms with Crippen molar-refractivity contribution in [2.45, 2.75) is 0 Å². The van der Waals surface area contributed by atoms with Gasteiger partial charge >= 0.3 is 16.5 Å². The molecule has 7 heteroatoms. The Morgan fingerprint density at radius 2 is 1.09 bits per heavy atom. The normalized spacial score (nSPS) is 6.73. The molecule has 0 fully saturated rings. The Balaban J connectivity index is -0.000000107. The predicted molar refractivity (Wildman–Crippen MR) is 31.5 cm³/mol. The third kappa shape index (κ3) is 39.9. The van der Waals surface area contributed by atoms with E-state index < -0.39 is 23.7 Å². The summed E-state index contributed by atoms with van der Waals surface area (Å²) in [5.74, 6) is -3.29. The van der Waals surface area contributed by atoms with Crippen LogP contribution in [0.3, 0.4) is 0 Å². The molecule has 0 bridgehead atoms. The molecule has 4 nitrogen and oxygen atoms in total. The minimum absolute atomic E-state index is 0. The van der Waals surface area contributed by atoms with Crippen molar-refractivity contribution < 1.29 is 36.3 Å². The monoisotopic (exact) mass is 244 g/mol. The number of carboxylic acid groups (broad SMARTS) is 2. The minimum atomic E-state index is -1.23. The van der Waals surface area contributed by atoms with Gasteiger partial charge in [-0.3, -0.25) is 0 Å². The van der Waals surface area contributed by atoms with Crippen molar-refractivity contribution >= 4 is 35.1 Å². The largest absolute Gasteiger partial charge is 2.00 e. The van der Waals surface area contributed by atoms with Crippen molar-refractivity contribution in [3.63, 3.8) is 0 Å². The van der Waals surface area contributed by atoms with Crippen LogP contribution < -0.4 is 10.2 Å². The first-order valence-electron chi connectivity index (χ1n) is 2.06. The van der Waals surface area contributed by atoms with Crippen LogP contribution >= 0.6 is 23.2 Å². The molecule has 0 aliphatic carbocycles. The zero-order valence-electron chi connectivity index (χ0n) is 5.12. The summed E-state index contributed by atoms with van der Waals surface area (Å²) < 4.78 is 0. The molecule has 0 aromatic rings. The molecule has 0 N–H and O–H groups in total. The Hall–Kier alpha value is 0.0135. The van der Waals surface area contributed by atoms with Crippen LogP contribution in [0, 0.1) is 0 Å². The molecule has 68 valence electrons. The van der Waals surface area contributed by atoms with Crippen molar-refractivity contribution in [3.8, 4) is 0 Å². The van der Waals surface area contributed by atoms with Gasteiger partial charge in [-0.1, -0.05) is 0 Å². The number of aliphatic carboxylic acids is 2. The molecule has 0 atom stereocenters. The second-order valence-electron chi connectivity index (χ2n) is 1.01. The zero-order valence-corrected chi connectivity index (χ0v) is 7.62. The molecular formula is C4H4Cl2NiO4. The van der Waals surface area contributed by atoms with E-state index in [4.69, 9.17) is 19.8 Å². The van der Waals surface area contributed by atoms with Crippen LogP contribution in [0.4, 0.5) is 0 Å². The van der Waals surface area contributed by atoms with Gasteiger partial charge in [0, 0.05) is 0 Å². The molecule has 0 saturated heterocycles. The van der Waals surface area contributed by atoms with Crippen LogP contribution in [0.1, 0.15) is 0 Å². The van der Waals surface area contributed by atoms with Crippen LogP contribution in [0.2, 0.25) is 0 Å². The van der Waals surface area contributed by atoms with Gasteiger partial charge in [-0.2, -0.15) is 0 Å². The van der Waals surface area contributed by atoms with Gasteiger partial charge < -0.3 is 19.8 Å². The summed E-state index contributed by atoms with van der Waals surface area (Å²) in [6.45, 7) is 0. The summed E-state index contributed by atoms with van der Waals surface area (Å²) >= 11 is 9.35. The molecule has 0 aliphatic rings. The van der Waals surface area contributed by atoms with Crippen LogP contribution in [0.15, 0.2) is 0 Å². The van der Waals surface area contributed by atoms with E-state index in [1.54, 1.807) is 0 Å². The number of halogens is 2. The number of carboxylic acids is 2. The van der Waals surface area contributed by atoms with Crippen molar-refractivity contribution in [2.75, 3.05) is 11.8 Å². The maximum absolute atomic E-state index is 9.12. The molecule has 0 amide bonds. The first-order valence-corrected chi connectivity index (χ1v) is 3.13. The summed E-state index contributed by atoms with van der Waals surface area (Å²) in [6.07, 6.45) is 0. The molecule has 0 aromatic heterocycles. The third-order valence-electron chi connectivity index (χ3n) is 0.218. The number of carbonyl (C=O) groups is 2. The molecule has 0 radical (unpaired) electrons. The summed E-state index contributed by atoms with van der Waals surface area (Å²) in [5, 5.41) is 18.2. The smallest absolute Gasteiger partial charge is 0.549 e. The van der Waals surface area contributed by atoms with Crippen molar-refractivity contribution in [3.05, 3.63) is 0 Å². The maximum Gasteiger partial charge on any atom is 2.00 e. The van der Waals surface area contributed by atoms with E-state index in [2.05, 4.69) is 23.2 Å². The van der Waals surface area contributed by atoms with Crippen LogP contribution in [-0.4, -0.2) is 23.7 Å². The Bertz CT molecular complexity index is 105. The molecule has 11 heavy (non-hydrogen) atoms. The van der Waals surface area contributed by atoms with Gasteiger partial charge in [-0.05, 0) is 0 Å². The molecule has 0 saturated carbocycles. The molecule has 0 heterocycles. The van der Waals surface area contributed by atoms with Gasteiger partial charge in [0.15, 0.2) is 0 Å². The third-order valence-corrected chi connectivity index (χ3v) is 0.655. The summed E-state index contributed by atoms with van der Waals surface area (Å²) in [4.78, 5) is 18.2. The standard InChI is InChI=1S/2C2H3ClO2.Ni/c2*3-1-2(4)5;/h2*1H2,(H,4,5);/q;;+2/p-2. The fourth-order valence-corrected chi connectivity index (χ4v) is 0. The van der Waals surface area contributed by atoms with Crippen molar-refractivity contribution in [2.24, 2.45) is 0 Å². The predicted octanol–water partition coefficient (Wildman–Crippen LogP) is -2.05. The first kappa shape index (κ1) is 17.2. The van der Waals surface area contributed by atoms with Crippen molar-refractivity contribution in [1.29, 1.82) is 0 Å². The SMILES string of the molecule is O=C([O-])CCl.O=C([O-])CCl.[Ni+2]. The number of rotatable bonds is 2. The fourth-order valence-electron chi connectivity index (χ4n) is 0. The van der Waals surface area contributed by atoms with Gasteiger partial charge in [0.1, 0.15) is 0 Å². The molecule has 0 aromatic carbocycles. The van der Waals surface area contributed by atoms with E-state index in [1.807, 2.05) is 0 Å². The van der Waals surface area contributed by atoms with Gasteiger partial charge in [-0.25, -0.2) is 0 Å². The van der Waals surface area contributed by atoms with Crippen LogP contribution in [0.25, 0.3) is 0 Å². The number of carbonyl (C=O) groups excluding carboxylic acids is 2. The number of hydrogen-bond acceptors (Lipinski definition) is 4. The molecule has 0 rings (SSSR count). The number of hydrogen-bond donors (Lipinski definition) is 0. The van der Waals surface area contributed by atoms with Gasteiger partial charge in [-0.15, -0.1) is 23.2 Å². The molecular weight excluding hydrogens is 242 g/mol. The van der Waals surface area contributed by atoms with E-state index >= 15 is 0 Å². The quantitative estimate of drug-likeness (QED) is 0.414. The Labute approximate surface area is 83.4 Å². The van der Waals surface area contributed by atoms with E-state index in [-0.39, 0.29) is 16.5 Å². The molecule has 0 spiro atoms. The Morgan fingerprint density at radius 1 is 1.00 bits per heavy atom. The van der Waals surface area contributed by atoms with Crippen molar-refractivity contribution in [1.82, 2.24) is 0 Å². The van der Waals surface area contributed by atoms with Crippen LogP contribution in [-0.2, 0) is 26.1 Å². The summed E-state index contributed by atoms with van der Waals surface area (Å²) in [7, 11) is 0. The Morgan fingerprint density at radius 3 is 1.09 bits per heavy atom. The van der Waals surface area contributed by atoms with E-state index in [0.29, 0.717) is 0 Å². The number of alkyl halides is 2. The van der Waals surface area contributed by atoms with E-state index in [0.717, 1.165) is 0 Å². The average Bonchev–Trinajstić information content (AvgIpc) is 1.89. The minimum Gasteiger partial charge on any atom is -0.549 e. The first-order chi connectivity index (χ1) is 4.54. The topological polar surface area (TPSA) is 80.3 Å². The van der Waals surface area contributed by atoms with Gasteiger partial charge in [0.2, 0.25) is 0 Å². The van der Waals surface area contributed by atoms with E-state index in [9.17, 15) is 0 Å². The summed E-state index contributed by atoms with van der Waals surface area (Å²) in [5.41, 5.74) is 0. The maximum atomic E-state index is 9.12. The van der Waals surface area contributed by atoms with Gasteiger partial charge in [0.05, 0.1) is 23.7 Å². The molecule has 0 aliphatic heterocycles. The second-order valence-corrected chi connectivity index (χ2v) is 1.55. The Kier molecular flexibility index (Phi) is 19.8. The molecule has 0 unspecified atom stereocenters. The van der Waals surface area contributed by atoms with E-state index in [1.165, 1.54) is 0 Å². The van der Waals surface area contributed by atoms with Gasteiger partial charge in [0.25, 0.3) is 0 Å².